The van der Waals surface area contributed by atoms with Crippen LogP contribution in [0.2, 0.25) is 0 Å². The van der Waals surface area contributed by atoms with Crippen molar-refractivity contribution in [3.63, 3.8) is 0 Å². The van der Waals surface area contributed by atoms with Gasteiger partial charge < -0.3 is 43.7 Å². The SMILES string of the molecule is COc1cc2c(cc1OC(=O)O)CCN[C@]21CSC(C)C2C3c4c(cc(C)c(OC)c4O)CC(CN2C(c2c(C)c(O)c(C)c4c2OCO4)COC1=O)N3C. The van der Waals surface area contributed by atoms with Crippen molar-refractivity contribution in [2.24, 2.45) is 0 Å². The van der Waals surface area contributed by atoms with Crippen LogP contribution in [0.5, 0.6) is 40.2 Å². The summed E-state index contributed by atoms with van der Waals surface area (Å²) in [5.74, 6) is 1.64. The van der Waals surface area contributed by atoms with Crippen molar-refractivity contribution < 1.29 is 53.3 Å². The summed E-state index contributed by atoms with van der Waals surface area (Å²) in [4.78, 5) is 31.1. The minimum atomic E-state index is -1.47. The van der Waals surface area contributed by atoms with Crippen LogP contribution >= 0.6 is 11.8 Å². The highest BCUT2D eigenvalue weighted by Gasteiger charge is 2.54. The van der Waals surface area contributed by atoms with E-state index < -0.39 is 23.7 Å². The summed E-state index contributed by atoms with van der Waals surface area (Å²) in [6.45, 7) is 8.68. The van der Waals surface area contributed by atoms with E-state index in [4.69, 9.17) is 28.4 Å². The fraction of sp³-hybridized carbons (Fsp3) is 0.500. The number of carbonyl (C=O) groups is 2. The van der Waals surface area contributed by atoms with Crippen LogP contribution in [-0.4, -0.2) is 108 Å². The predicted molar refractivity (Wildman–Crippen MR) is 202 cm³/mol. The fourth-order valence-corrected chi connectivity index (χ4v) is 11.1. The van der Waals surface area contributed by atoms with Crippen molar-refractivity contribution in [3.8, 4) is 40.2 Å². The number of hydrogen-bond acceptors (Lipinski definition) is 14. The molecule has 2 fully saturated rings. The first-order valence-electron chi connectivity index (χ1n) is 18.5. The Hall–Kier alpha value is -4.57. The molecule has 5 unspecified atom stereocenters. The standard InChI is InChI=1S/C40H47N3O11S/c1-18-10-23-11-24-14-43-26(29-19(2)33(44)20(3)36-37(29)53-17-52-36)15-51-38(46)40(25-13-27(49-6)28(54-39(47)48)12-22(25)8-9-41-40)16-55-21(4)31(43)32(42(24)5)30(23)34(45)35(18)50-7/h10,12-13,21,24,26,31-32,41,44-45H,8-9,11,14-17H2,1-7H3,(H,47,48)/t21?,24?,26?,31?,32?,40-/m1/s1. The first-order valence-corrected chi connectivity index (χ1v) is 19.5. The molecule has 5 heterocycles. The lowest BCUT2D eigenvalue weighted by atomic mass is 9.77. The molecule has 5 aliphatic heterocycles. The minimum absolute atomic E-state index is 0.0120. The molecule has 3 aromatic carbocycles. The van der Waals surface area contributed by atoms with Crippen LogP contribution in [0.25, 0.3) is 0 Å². The summed E-state index contributed by atoms with van der Waals surface area (Å²) in [5, 5.41) is 36.2. The van der Waals surface area contributed by atoms with E-state index in [0.29, 0.717) is 65.4 Å². The molecule has 6 atom stereocenters. The third-order valence-corrected chi connectivity index (χ3v) is 13.7. The topological polar surface area (TPSA) is 169 Å². The van der Waals surface area contributed by atoms with Crippen LogP contribution in [0.4, 0.5) is 4.79 Å². The number of aryl methyl sites for hydroxylation is 1. The highest BCUT2D eigenvalue weighted by atomic mass is 32.2. The number of esters is 1. The Labute approximate surface area is 323 Å². The number of carbonyl (C=O) groups excluding carboxylic acids is 1. The number of thioether (sulfide) groups is 1. The van der Waals surface area contributed by atoms with Gasteiger partial charge in [-0.2, -0.15) is 11.8 Å². The third-order valence-electron chi connectivity index (χ3n) is 12.3. The number of phenolic OH excluding ortho intramolecular Hbond substituents is 2. The molecule has 5 aliphatic rings. The highest BCUT2D eigenvalue weighted by molar-refractivity contribution is 8.00. The maximum atomic E-state index is 14.8. The third kappa shape index (κ3) is 5.72. The van der Waals surface area contributed by atoms with Crippen molar-refractivity contribution in [2.75, 3.05) is 53.5 Å². The van der Waals surface area contributed by atoms with E-state index in [0.717, 1.165) is 22.3 Å². The summed E-state index contributed by atoms with van der Waals surface area (Å²) < 4.78 is 35.0. The molecule has 0 aliphatic carbocycles. The Morgan fingerprint density at radius 1 is 0.982 bits per heavy atom. The average Bonchev–Trinajstić information content (AvgIpc) is 3.63. The summed E-state index contributed by atoms with van der Waals surface area (Å²) in [7, 11) is 5.10. The van der Waals surface area contributed by atoms with Crippen LogP contribution in [0, 0.1) is 20.8 Å². The molecule has 3 aromatic rings. The number of methoxy groups -OCH3 is 2. The summed E-state index contributed by atoms with van der Waals surface area (Å²) >= 11 is 1.62. The van der Waals surface area contributed by atoms with Gasteiger partial charge in [0, 0.05) is 52.9 Å². The minimum Gasteiger partial charge on any atom is -0.507 e. The van der Waals surface area contributed by atoms with Gasteiger partial charge in [-0.15, -0.1) is 0 Å². The summed E-state index contributed by atoms with van der Waals surface area (Å²) in [6.07, 6.45) is -0.269. The number of nitrogens with zero attached hydrogens (tertiary/aromatic N) is 2. The van der Waals surface area contributed by atoms with E-state index in [9.17, 15) is 24.9 Å². The van der Waals surface area contributed by atoms with Gasteiger partial charge in [-0.3, -0.25) is 15.1 Å². The molecule has 8 rings (SSSR count). The van der Waals surface area contributed by atoms with Gasteiger partial charge in [0.1, 0.15) is 12.4 Å². The van der Waals surface area contributed by atoms with Gasteiger partial charge in [0.2, 0.25) is 6.79 Å². The zero-order valence-electron chi connectivity index (χ0n) is 32.0. The summed E-state index contributed by atoms with van der Waals surface area (Å²) in [5.41, 5.74) is 4.65. The normalized spacial score (nSPS) is 27.4. The molecule has 0 radical (unpaired) electrons. The smallest absolute Gasteiger partial charge is 0.507 e. The number of likely N-dealkylation sites (N-methyl/N-ethyl adjacent to an activating group) is 1. The molecule has 14 nitrogen and oxygen atoms in total. The molecule has 2 saturated heterocycles. The molecule has 15 heteroatoms. The molecule has 0 amide bonds. The van der Waals surface area contributed by atoms with Gasteiger partial charge in [0.05, 0.1) is 26.3 Å². The van der Waals surface area contributed by atoms with Crippen molar-refractivity contribution in [1.82, 2.24) is 15.1 Å². The number of rotatable bonds is 4. The maximum Gasteiger partial charge on any atom is 0.511 e. The second kappa shape index (κ2) is 13.9. The molecule has 2 bridgehead atoms. The number of piperazine rings is 1. The predicted octanol–water partition coefficient (Wildman–Crippen LogP) is 4.87. The molecule has 55 heavy (non-hydrogen) atoms. The molecule has 0 aromatic heterocycles. The second-order valence-electron chi connectivity index (χ2n) is 15.1. The first kappa shape index (κ1) is 37.4. The lowest BCUT2D eigenvalue weighted by Crippen LogP contribution is -2.65. The largest absolute Gasteiger partial charge is 0.511 e. The van der Waals surface area contributed by atoms with Crippen molar-refractivity contribution >= 4 is 23.9 Å². The number of fused-ring (bicyclic) bond motifs is 9. The van der Waals surface area contributed by atoms with Crippen LogP contribution in [0.15, 0.2) is 18.2 Å². The number of hydrogen-bond donors (Lipinski definition) is 4. The van der Waals surface area contributed by atoms with Crippen molar-refractivity contribution in [1.29, 1.82) is 0 Å². The van der Waals surface area contributed by atoms with E-state index in [2.05, 4.69) is 35.2 Å². The number of cyclic esters (lactones) is 1. The maximum absolute atomic E-state index is 14.8. The van der Waals surface area contributed by atoms with Crippen molar-refractivity contribution in [2.45, 2.75) is 75.5 Å². The monoisotopic (exact) mass is 777 g/mol. The van der Waals surface area contributed by atoms with Gasteiger partial charge in [-0.1, -0.05) is 13.0 Å². The Balaban J connectivity index is 1.32. The summed E-state index contributed by atoms with van der Waals surface area (Å²) in [6, 6.07) is 4.34. The van der Waals surface area contributed by atoms with Crippen molar-refractivity contribution in [3.05, 3.63) is 62.7 Å². The molecule has 4 N–H and O–H groups in total. The van der Waals surface area contributed by atoms with Gasteiger partial charge in [-0.25, -0.2) is 9.59 Å². The van der Waals surface area contributed by atoms with E-state index in [1.54, 1.807) is 37.9 Å². The highest BCUT2D eigenvalue weighted by Crippen LogP contribution is 2.55. The molecule has 1 spiro atoms. The molecule has 294 valence electrons. The number of phenols is 2. The quantitative estimate of drug-likeness (QED) is 0.209. The number of carboxylic acid groups (broad SMARTS) is 1. The van der Waals surface area contributed by atoms with Crippen LogP contribution < -0.4 is 29.0 Å². The second-order valence-corrected chi connectivity index (χ2v) is 16.5. The zero-order valence-corrected chi connectivity index (χ0v) is 32.8. The van der Waals surface area contributed by atoms with Gasteiger partial charge in [0.25, 0.3) is 0 Å². The number of ether oxygens (including phenoxy) is 6. The number of benzene rings is 3. The van der Waals surface area contributed by atoms with E-state index in [1.807, 2.05) is 13.8 Å². The molecular weight excluding hydrogens is 731 g/mol. The fourth-order valence-electron chi connectivity index (χ4n) is 9.70. The van der Waals surface area contributed by atoms with Crippen LogP contribution in [-0.2, 0) is 27.9 Å². The Kier molecular flexibility index (Phi) is 9.42. The van der Waals surface area contributed by atoms with E-state index >= 15 is 0 Å². The van der Waals surface area contributed by atoms with Gasteiger partial charge >= 0.3 is 12.1 Å². The average molecular weight is 778 g/mol. The Morgan fingerprint density at radius 3 is 2.47 bits per heavy atom. The Bertz CT molecular complexity index is 2090. The lowest BCUT2D eigenvalue weighted by molar-refractivity contribution is -0.155. The molecule has 0 saturated carbocycles. The molecular formula is C40H47N3O11S. The zero-order chi connectivity index (χ0) is 39.1. The van der Waals surface area contributed by atoms with Gasteiger partial charge in [-0.05, 0) is 80.6 Å². The van der Waals surface area contributed by atoms with E-state index in [-0.39, 0.29) is 65.5 Å². The number of nitrogens with one attached hydrogen (secondary N) is 1. The first-order chi connectivity index (χ1) is 26.3. The lowest BCUT2D eigenvalue weighted by Gasteiger charge is -2.58. The van der Waals surface area contributed by atoms with Crippen LogP contribution in [0.1, 0.15) is 63.5 Å². The number of aromatic hydroxyl groups is 2. The van der Waals surface area contributed by atoms with E-state index in [1.165, 1.54) is 7.11 Å². The van der Waals surface area contributed by atoms with Crippen LogP contribution in [0.3, 0.4) is 0 Å². The van der Waals surface area contributed by atoms with Gasteiger partial charge in [0.15, 0.2) is 40.0 Å². The Morgan fingerprint density at radius 2 is 1.75 bits per heavy atom.